The van der Waals surface area contributed by atoms with Crippen molar-refractivity contribution in [2.75, 3.05) is 0 Å². The molecule has 1 nitrogen and oxygen atoms in total. The molecule has 1 heteroatoms. The van der Waals surface area contributed by atoms with Crippen molar-refractivity contribution in [1.29, 1.82) is 0 Å². The van der Waals surface area contributed by atoms with Crippen LogP contribution in [0.1, 0.15) is 37.5 Å². The fourth-order valence-electron chi connectivity index (χ4n) is 2.32. The molecule has 0 N–H and O–H groups in total. The number of aryl methyl sites for hydroxylation is 1. The van der Waals surface area contributed by atoms with Crippen LogP contribution in [0.5, 0.6) is 0 Å². The van der Waals surface area contributed by atoms with Crippen LogP contribution < -0.4 is 0 Å². The average Bonchev–Trinajstić information content (AvgIpc) is 2.32. The van der Waals surface area contributed by atoms with Gasteiger partial charge in [-0.3, -0.25) is 4.98 Å². The quantitative estimate of drug-likeness (QED) is 0.737. The van der Waals surface area contributed by atoms with Crippen molar-refractivity contribution in [1.82, 2.24) is 4.98 Å². The maximum atomic E-state index is 4.51. The van der Waals surface area contributed by atoms with Crippen molar-refractivity contribution in [3.05, 3.63) is 53.2 Å². The Morgan fingerprint density at radius 3 is 2.16 bits per heavy atom. The molecule has 0 spiro atoms. The number of hydrogen-bond acceptors (Lipinski definition) is 1. The zero-order chi connectivity index (χ0) is 14.0. The zero-order valence-electron chi connectivity index (χ0n) is 12.6. The summed E-state index contributed by atoms with van der Waals surface area (Å²) in [6.45, 7) is 11.1. The van der Waals surface area contributed by atoms with E-state index in [0.29, 0.717) is 5.41 Å². The third-order valence-corrected chi connectivity index (χ3v) is 3.44. The molecule has 0 aliphatic carbocycles. The van der Waals surface area contributed by atoms with E-state index in [1.165, 1.54) is 22.3 Å². The molecular formula is C18H23N. The number of nitrogens with zero attached hydrogens (tertiary/aromatic N) is 1. The Kier molecular flexibility index (Phi) is 3.75. The SMILES string of the molecule is Cc1ccnc(-c2ccc(CC(C)(C)C)cc2)c1C. The maximum Gasteiger partial charge on any atom is 0.0733 e. The number of aromatic nitrogens is 1. The lowest BCUT2D eigenvalue weighted by Gasteiger charge is -2.18. The van der Waals surface area contributed by atoms with Gasteiger partial charge >= 0.3 is 0 Å². The second-order valence-electron chi connectivity index (χ2n) is 6.54. The van der Waals surface area contributed by atoms with E-state index in [9.17, 15) is 0 Å². The van der Waals surface area contributed by atoms with Gasteiger partial charge in [0.2, 0.25) is 0 Å². The number of benzene rings is 1. The van der Waals surface area contributed by atoms with Crippen molar-refractivity contribution in [3.63, 3.8) is 0 Å². The minimum absolute atomic E-state index is 0.332. The van der Waals surface area contributed by atoms with Crippen LogP contribution in [0.25, 0.3) is 11.3 Å². The lowest BCUT2D eigenvalue weighted by atomic mass is 9.88. The first kappa shape index (κ1) is 13.8. The van der Waals surface area contributed by atoms with Gasteiger partial charge in [0.1, 0.15) is 0 Å². The Labute approximate surface area is 116 Å². The zero-order valence-corrected chi connectivity index (χ0v) is 12.6. The van der Waals surface area contributed by atoms with Crippen molar-refractivity contribution in [2.45, 2.75) is 41.0 Å². The molecule has 0 bridgehead atoms. The van der Waals surface area contributed by atoms with E-state index in [1.54, 1.807) is 0 Å². The predicted molar refractivity (Wildman–Crippen MR) is 82.3 cm³/mol. The molecule has 0 atom stereocenters. The molecule has 0 aliphatic rings. The van der Waals surface area contributed by atoms with Gasteiger partial charge in [0, 0.05) is 11.8 Å². The summed E-state index contributed by atoms with van der Waals surface area (Å²) in [6.07, 6.45) is 2.99. The Morgan fingerprint density at radius 2 is 1.58 bits per heavy atom. The average molecular weight is 253 g/mol. The molecule has 0 unspecified atom stereocenters. The largest absolute Gasteiger partial charge is 0.256 e. The summed E-state index contributed by atoms with van der Waals surface area (Å²) < 4.78 is 0. The van der Waals surface area contributed by atoms with Gasteiger partial charge in [0.15, 0.2) is 0 Å². The molecule has 19 heavy (non-hydrogen) atoms. The fourth-order valence-corrected chi connectivity index (χ4v) is 2.32. The molecule has 0 fully saturated rings. The maximum absolute atomic E-state index is 4.51. The predicted octanol–water partition coefficient (Wildman–Crippen LogP) is 4.95. The van der Waals surface area contributed by atoms with Crippen LogP contribution >= 0.6 is 0 Å². The lowest BCUT2D eigenvalue weighted by molar-refractivity contribution is 0.411. The fraction of sp³-hybridized carbons (Fsp3) is 0.389. The van der Waals surface area contributed by atoms with Gasteiger partial charge < -0.3 is 0 Å². The van der Waals surface area contributed by atoms with Gasteiger partial charge in [-0.05, 0) is 48.4 Å². The Balaban J connectivity index is 2.30. The first-order chi connectivity index (χ1) is 8.87. The number of rotatable bonds is 2. The highest BCUT2D eigenvalue weighted by Crippen LogP contribution is 2.25. The van der Waals surface area contributed by atoms with E-state index < -0.39 is 0 Å². The van der Waals surface area contributed by atoms with Crippen LogP contribution in [0.15, 0.2) is 36.5 Å². The van der Waals surface area contributed by atoms with E-state index >= 15 is 0 Å². The molecule has 0 saturated carbocycles. The van der Waals surface area contributed by atoms with Crippen LogP contribution in [0.2, 0.25) is 0 Å². The lowest BCUT2D eigenvalue weighted by Crippen LogP contribution is -2.08. The van der Waals surface area contributed by atoms with Gasteiger partial charge in [-0.1, -0.05) is 45.0 Å². The summed E-state index contributed by atoms with van der Waals surface area (Å²) in [5.74, 6) is 0. The van der Waals surface area contributed by atoms with Crippen LogP contribution in [-0.2, 0) is 6.42 Å². The van der Waals surface area contributed by atoms with Crippen molar-refractivity contribution in [3.8, 4) is 11.3 Å². The molecule has 1 aromatic carbocycles. The van der Waals surface area contributed by atoms with Crippen LogP contribution in [-0.4, -0.2) is 4.98 Å². The van der Waals surface area contributed by atoms with Gasteiger partial charge in [0.05, 0.1) is 5.69 Å². The number of pyridine rings is 1. The molecule has 0 amide bonds. The van der Waals surface area contributed by atoms with Gasteiger partial charge in [-0.25, -0.2) is 0 Å². The monoisotopic (exact) mass is 253 g/mol. The first-order valence-corrected chi connectivity index (χ1v) is 6.88. The minimum atomic E-state index is 0.332. The summed E-state index contributed by atoms with van der Waals surface area (Å²) in [7, 11) is 0. The van der Waals surface area contributed by atoms with E-state index in [1.807, 2.05) is 6.20 Å². The Bertz CT molecular complexity index is 559. The molecular weight excluding hydrogens is 230 g/mol. The normalized spacial score (nSPS) is 11.6. The van der Waals surface area contributed by atoms with E-state index in [4.69, 9.17) is 0 Å². The highest BCUT2D eigenvalue weighted by molar-refractivity contribution is 5.64. The van der Waals surface area contributed by atoms with Crippen molar-refractivity contribution < 1.29 is 0 Å². The van der Waals surface area contributed by atoms with Crippen LogP contribution in [0.4, 0.5) is 0 Å². The van der Waals surface area contributed by atoms with E-state index in [-0.39, 0.29) is 0 Å². The topological polar surface area (TPSA) is 12.9 Å². The molecule has 2 aromatic rings. The molecule has 0 aliphatic heterocycles. The molecule has 0 radical (unpaired) electrons. The third kappa shape index (κ3) is 3.44. The van der Waals surface area contributed by atoms with Crippen molar-refractivity contribution in [2.24, 2.45) is 5.41 Å². The molecule has 1 aromatic heterocycles. The summed E-state index contributed by atoms with van der Waals surface area (Å²) in [4.78, 5) is 4.51. The molecule has 100 valence electrons. The second-order valence-corrected chi connectivity index (χ2v) is 6.54. The Hall–Kier alpha value is -1.63. The molecule has 0 saturated heterocycles. The summed E-state index contributed by atoms with van der Waals surface area (Å²) in [6, 6.07) is 10.9. The minimum Gasteiger partial charge on any atom is -0.256 e. The van der Waals surface area contributed by atoms with Gasteiger partial charge in [-0.15, -0.1) is 0 Å². The summed E-state index contributed by atoms with van der Waals surface area (Å²) >= 11 is 0. The van der Waals surface area contributed by atoms with Gasteiger partial charge in [-0.2, -0.15) is 0 Å². The van der Waals surface area contributed by atoms with E-state index in [2.05, 4.69) is 69.9 Å². The highest BCUT2D eigenvalue weighted by Gasteiger charge is 2.11. The smallest absolute Gasteiger partial charge is 0.0733 e. The van der Waals surface area contributed by atoms with Crippen LogP contribution in [0.3, 0.4) is 0 Å². The third-order valence-electron chi connectivity index (χ3n) is 3.44. The van der Waals surface area contributed by atoms with Crippen LogP contribution in [0, 0.1) is 19.3 Å². The summed E-state index contributed by atoms with van der Waals surface area (Å²) in [5, 5.41) is 0. The highest BCUT2D eigenvalue weighted by atomic mass is 14.7. The summed E-state index contributed by atoms with van der Waals surface area (Å²) in [5.41, 5.74) is 6.59. The van der Waals surface area contributed by atoms with E-state index in [0.717, 1.165) is 12.1 Å². The standard InChI is InChI=1S/C18H23N/c1-13-10-11-19-17(14(13)2)16-8-6-15(7-9-16)12-18(3,4)5/h6-11H,12H2,1-5H3. The molecule has 1 heterocycles. The Morgan fingerprint density at radius 1 is 0.947 bits per heavy atom. The second kappa shape index (κ2) is 5.16. The molecule has 2 rings (SSSR count). The van der Waals surface area contributed by atoms with Crippen molar-refractivity contribution >= 4 is 0 Å². The number of hydrogen-bond donors (Lipinski definition) is 0. The van der Waals surface area contributed by atoms with Gasteiger partial charge in [0.25, 0.3) is 0 Å². The first-order valence-electron chi connectivity index (χ1n) is 6.88.